The molecular formula is C52H33NO. The van der Waals surface area contributed by atoms with Gasteiger partial charge in [0.05, 0.1) is 11.0 Å². The Bertz CT molecular complexity index is 3170. The standard InChI is InChI=1S/C52H33NO/c1-2-13-33(14-3-1)43-30-36-16-10-20-38(50(36)40-18-7-6-17-39(40)43)35-25-27-48-44(29-35)45-31-47-51(42-21-11-23-49(54-48)52(42)45)41-19-8-9-22-46(41)53(47)37-26-24-32-12-4-5-15-34(32)28-37/h1-29,31,43H,30H2. The summed E-state index contributed by atoms with van der Waals surface area (Å²) in [6.07, 6.45) is 0.974. The van der Waals surface area contributed by atoms with E-state index in [1.54, 1.807) is 0 Å². The third-order valence-corrected chi connectivity index (χ3v) is 11.9. The van der Waals surface area contributed by atoms with Crippen molar-refractivity contribution in [3.05, 3.63) is 199 Å². The Morgan fingerprint density at radius 1 is 0.463 bits per heavy atom. The molecule has 0 fully saturated rings. The molecule has 1 atom stereocenters. The first-order chi connectivity index (χ1) is 26.8. The highest BCUT2D eigenvalue weighted by molar-refractivity contribution is 6.26. The van der Waals surface area contributed by atoms with Crippen molar-refractivity contribution in [2.75, 3.05) is 0 Å². The van der Waals surface area contributed by atoms with Gasteiger partial charge in [0.2, 0.25) is 0 Å². The van der Waals surface area contributed by atoms with E-state index in [2.05, 4.69) is 187 Å². The van der Waals surface area contributed by atoms with Crippen molar-refractivity contribution < 1.29 is 4.74 Å². The molecule has 0 amide bonds. The molecule has 0 bridgehead atoms. The third kappa shape index (κ3) is 4.22. The average Bonchev–Trinajstić information content (AvgIpc) is 3.57. The second-order valence-corrected chi connectivity index (χ2v) is 14.8. The summed E-state index contributed by atoms with van der Waals surface area (Å²) in [5.41, 5.74) is 15.2. The highest BCUT2D eigenvalue weighted by atomic mass is 16.5. The van der Waals surface area contributed by atoms with E-state index in [4.69, 9.17) is 4.74 Å². The number of para-hydroxylation sites is 1. The Morgan fingerprint density at radius 2 is 1.24 bits per heavy atom. The van der Waals surface area contributed by atoms with Crippen LogP contribution in [-0.4, -0.2) is 4.57 Å². The van der Waals surface area contributed by atoms with Crippen LogP contribution in [0.15, 0.2) is 182 Å². The lowest BCUT2D eigenvalue weighted by Crippen LogP contribution is -2.13. The lowest BCUT2D eigenvalue weighted by molar-refractivity contribution is 0.487. The molecule has 1 aromatic heterocycles. The van der Waals surface area contributed by atoms with Crippen molar-refractivity contribution in [1.82, 2.24) is 4.57 Å². The first-order valence-corrected chi connectivity index (χ1v) is 18.9. The molecule has 2 aliphatic rings. The number of hydrogen-bond acceptors (Lipinski definition) is 1. The maximum Gasteiger partial charge on any atom is 0.135 e. The number of benzene rings is 9. The van der Waals surface area contributed by atoms with Gasteiger partial charge in [0.1, 0.15) is 11.5 Å². The summed E-state index contributed by atoms with van der Waals surface area (Å²) in [6, 6.07) is 66.8. The van der Waals surface area contributed by atoms with Gasteiger partial charge >= 0.3 is 0 Å². The highest BCUT2D eigenvalue weighted by Gasteiger charge is 2.29. The largest absolute Gasteiger partial charge is 0.456 e. The first-order valence-electron chi connectivity index (χ1n) is 18.9. The average molecular weight is 688 g/mol. The zero-order valence-corrected chi connectivity index (χ0v) is 29.5. The Hall–Kier alpha value is -6.90. The lowest BCUT2D eigenvalue weighted by Gasteiger charge is -2.30. The van der Waals surface area contributed by atoms with E-state index in [0.717, 1.165) is 29.2 Å². The molecule has 252 valence electrons. The topological polar surface area (TPSA) is 14.2 Å². The van der Waals surface area contributed by atoms with E-state index >= 15 is 0 Å². The minimum absolute atomic E-state index is 0.327. The van der Waals surface area contributed by atoms with Gasteiger partial charge in [0.15, 0.2) is 0 Å². The molecule has 2 heterocycles. The summed E-state index contributed by atoms with van der Waals surface area (Å²) >= 11 is 0. The van der Waals surface area contributed by atoms with Gasteiger partial charge in [0.25, 0.3) is 0 Å². The van der Waals surface area contributed by atoms with Crippen LogP contribution >= 0.6 is 0 Å². The van der Waals surface area contributed by atoms with E-state index in [-0.39, 0.29) is 0 Å². The van der Waals surface area contributed by atoms with Crippen LogP contribution in [0.4, 0.5) is 0 Å². The van der Waals surface area contributed by atoms with Crippen LogP contribution in [0.5, 0.6) is 11.5 Å². The molecule has 0 saturated carbocycles. The summed E-state index contributed by atoms with van der Waals surface area (Å²) < 4.78 is 9.22. The van der Waals surface area contributed by atoms with E-state index in [9.17, 15) is 0 Å². The van der Waals surface area contributed by atoms with Gasteiger partial charge in [-0.25, -0.2) is 0 Å². The van der Waals surface area contributed by atoms with Crippen molar-refractivity contribution in [1.29, 1.82) is 0 Å². The van der Waals surface area contributed by atoms with Crippen LogP contribution in [0.3, 0.4) is 0 Å². The van der Waals surface area contributed by atoms with E-state index < -0.39 is 0 Å². The molecule has 2 nitrogen and oxygen atoms in total. The van der Waals surface area contributed by atoms with Crippen LogP contribution in [0, 0.1) is 0 Å². The second-order valence-electron chi connectivity index (χ2n) is 14.8. The summed E-state index contributed by atoms with van der Waals surface area (Å²) in [5.74, 6) is 2.12. The zero-order chi connectivity index (χ0) is 35.3. The molecule has 0 spiro atoms. The van der Waals surface area contributed by atoms with Gasteiger partial charge in [-0.05, 0) is 110 Å². The van der Waals surface area contributed by atoms with E-state index in [1.165, 1.54) is 87.9 Å². The Kier molecular flexibility index (Phi) is 6.20. The van der Waals surface area contributed by atoms with Crippen molar-refractivity contribution in [3.63, 3.8) is 0 Å². The minimum atomic E-state index is 0.327. The van der Waals surface area contributed by atoms with Crippen LogP contribution < -0.4 is 4.74 Å². The van der Waals surface area contributed by atoms with Crippen molar-refractivity contribution in [3.8, 4) is 50.6 Å². The van der Waals surface area contributed by atoms with Crippen molar-refractivity contribution >= 4 is 43.4 Å². The number of nitrogens with zero attached hydrogens (tertiary/aromatic N) is 1. The fourth-order valence-electron chi connectivity index (χ4n) is 9.58. The molecule has 54 heavy (non-hydrogen) atoms. The molecule has 10 aromatic rings. The number of rotatable bonds is 3. The molecule has 12 rings (SSSR count). The first kappa shape index (κ1) is 29.7. The maximum absolute atomic E-state index is 6.77. The van der Waals surface area contributed by atoms with Crippen molar-refractivity contribution in [2.45, 2.75) is 12.3 Å². The molecule has 1 aliphatic heterocycles. The van der Waals surface area contributed by atoms with E-state index in [0.29, 0.717) is 5.92 Å². The molecule has 0 saturated heterocycles. The predicted octanol–water partition coefficient (Wildman–Crippen LogP) is 13.9. The van der Waals surface area contributed by atoms with Crippen LogP contribution in [0.25, 0.3) is 82.4 Å². The molecule has 9 aromatic carbocycles. The number of fused-ring (bicyclic) bond motifs is 10. The number of aromatic nitrogens is 1. The van der Waals surface area contributed by atoms with Gasteiger partial charge in [-0.1, -0.05) is 140 Å². The molecule has 1 aliphatic carbocycles. The van der Waals surface area contributed by atoms with Gasteiger partial charge in [-0.2, -0.15) is 0 Å². The predicted molar refractivity (Wildman–Crippen MR) is 224 cm³/mol. The highest BCUT2D eigenvalue weighted by Crippen LogP contribution is 2.53. The lowest BCUT2D eigenvalue weighted by atomic mass is 9.73. The quantitative estimate of drug-likeness (QED) is 0.180. The zero-order valence-electron chi connectivity index (χ0n) is 29.5. The molecule has 0 N–H and O–H groups in total. The van der Waals surface area contributed by atoms with E-state index in [1.807, 2.05) is 0 Å². The van der Waals surface area contributed by atoms with Gasteiger partial charge in [-0.3, -0.25) is 0 Å². The number of hydrogen-bond donors (Lipinski definition) is 0. The van der Waals surface area contributed by atoms with Gasteiger partial charge in [-0.15, -0.1) is 0 Å². The van der Waals surface area contributed by atoms with Gasteiger partial charge in [0, 0.05) is 33.3 Å². The number of ether oxygens (including phenoxy) is 1. The van der Waals surface area contributed by atoms with Gasteiger partial charge < -0.3 is 9.30 Å². The summed E-state index contributed by atoms with van der Waals surface area (Å²) in [6.45, 7) is 0. The van der Waals surface area contributed by atoms with Crippen LogP contribution in [0.2, 0.25) is 0 Å². The fourth-order valence-corrected chi connectivity index (χ4v) is 9.58. The fraction of sp³-hybridized carbons (Fsp3) is 0.0385. The Balaban J connectivity index is 1.09. The van der Waals surface area contributed by atoms with Crippen molar-refractivity contribution in [2.24, 2.45) is 0 Å². The summed E-state index contributed by atoms with van der Waals surface area (Å²) in [4.78, 5) is 0. The Morgan fingerprint density at radius 3 is 2.19 bits per heavy atom. The smallest absolute Gasteiger partial charge is 0.135 e. The SMILES string of the molecule is c1ccc(C2Cc3cccc(-c4ccc5c(c4)-c4cc6c(c7cccc(c47)O5)c4ccccc4n6-c4ccc5ccccc5c4)c3-c3ccccc32)cc1. The monoisotopic (exact) mass is 687 g/mol. The minimum Gasteiger partial charge on any atom is -0.456 e. The summed E-state index contributed by atoms with van der Waals surface area (Å²) in [7, 11) is 0. The van der Waals surface area contributed by atoms with Crippen LogP contribution in [0.1, 0.15) is 22.6 Å². The third-order valence-electron chi connectivity index (χ3n) is 11.9. The molecular weight excluding hydrogens is 655 g/mol. The second kappa shape index (κ2) is 11.3. The van der Waals surface area contributed by atoms with Crippen LogP contribution in [-0.2, 0) is 6.42 Å². The summed E-state index contributed by atoms with van der Waals surface area (Å²) in [5, 5.41) is 7.35. The molecule has 1 unspecified atom stereocenters. The normalized spacial score (nSPS) is 14.2. The molecule has 2 heteroatoms. The maximum atomic E-state index is 6.77. The Labute approximate surface area is 313 Å². The molecule has 0 radical (unpaired) electrons.